The second kappa shape index (κ2) is 5.79. The van der Waals surface area contributed by atoms with Crippen LogP contribution in [0.5, 0.6) is 0 Å². The van der Waals surface area contributed by atoms with Crippen molar-refractivity contribution in [1.82, 2.24) is 0 Å². The van der Waals surface area contributed by atoms with Crippen LogP contribution >= 0.6 is 12.4 Å². The number of halogens is 1. The Morgan fingerprint density at radius 3 is 2.25 bits per heavy atom. The first-order chi connectivity index (χ1) is 5.33. The van der Waals surface area contributed by atoms with E-state index in [1.165, 1.54) is 32.1 Å². The molecular formula is C9H20ClNO. The molecule has 1 aliphatic rings. The first-order valence-corrected chi connectivity index (χ1v) is 4.58. The second-order valence-electron chi connectivity index (χ2n) is 3.49. The number of ether oxygens (including phenoxy) is 1. The van der Waals surface area contributed by atoms with Crippen molar-refractivity contribution >= 4 is 12.4 Å². The van der Waals surface area contributed by atoms with Gasteiger partial charge in [0, 0.05) is 7.11 Å². The average Bonchev–Trinajstić information content (AvgIpc) is 2.07. The molecule has 1 fully saturated rings. The Morgan fingerprint density at radius 2 is 1.83 bits per heavy atom. The molecule has 0 aromatic rings. The first kappa shape index (κ1) is 12.2. The fourth-order valence-electron chi connectivity index (χ4n) is 2.02. The summed E-state index contributed by atoms with van der Waals surface area (Å²) in [5.74, 6) is 0. The van der Waals surface area contributed by atoms with E-state index in [-0.39, 0.29) is 18.0 Å². The molecule has 1 rings (SSSR count). The molecule has 0 aromatic heterocycles. The minimum Gasteiger partial charge on any atom is -0.378 e. The fraction of sp³-hybridized carbons (Fsp3) is 1.00. The lowest BCUT2D eigenvalue weighted by atomic mass is 9.82. The van der Waals surface area contributed by atoms with Crippen molar-refractivity contribution in [2.24, 2.45) is 5.73 Å². The van der Waals surface area contributed by atoms with Gasteiger partial charge in [0.15, 0.2) is 0 Å². The Morgan fingerprint density at radius 1 is 1.25 bits per heavy atom. The van der Waals surface area contributed by atoms with Crippen LogP contribution in [0.1, 0.15) is 38.5 Å². The molecule has 0 amide bonds. The van der Waals surface area contributed by atoms with Gasteiger partial charge in [0.1, 0.15) is 0 Å². The highest BCUT2D eigenvalue weighted by Gasteiger charge is 2.30. The molecule has 12 heavy (non-hydrogen) atoms. The normalized spacial score (nSPS) is 21.5. The maximum Gasteiger partial charge on any atom is 0.0690 e. The lowest BCUT2D eigenvalue weighted by Gasteiger charge is -2.35. The van der Waals surface area contributed by atoms with Gasteiger partial charge in [-0.3, -0.25) is 0 Å². The van der Waals surface area contributed by atoms with Gasteiger partial charge in [0.2, 0.25) is 0 Å². The standard InChI is InChI=1S/C9H19NO.ClH/c1-11-9(7-8-10)5-3-2-4-6-9;/h2-8,10H2,1H3;1H. The Balaban J connectivity index is 0.00000121. The molecule has 74 valence electrons. The molecule has 0 heterocycles. The summed E-state index contributed by atoms with van der Waals surface area (Å²) in [4.78, 5) is 0. The fourth-order valence-corrected chi connectivity index (χ4v) is 2.02. The Bertz CT molecular complexity index is 108. The van der Waals surface area contributed by atoms with Crippen molar-refractivity contribution in [2.45, 2.75) is 44.1 Å². The summed E-state index contributed by atoms with van der Waals surface area (Å²) in [6, 6.07) is 0. The predicted molar refractivity (Wildman–Crippen MR) is 53.7 cm³/mol. The largest absolute Gasteiger partial charge is 0.378 e. The van der Waals surface area contributed by atoms with Crippen molar-refractivity contribution in [3.8, 4) is 0 Å². The molecule has 3 heteroatoms. The third kappa shape index (κ3) is 2.92. The van der Waals surface area contributed by atoms with Gasteiger partial charge in [0.05, 0.1) is 5.60 Å². The second-order valence-corrected chi connectivity index (χ2v) is 3.49. The van der Waals surface area contributed by atoms with E-state index in [1.807, 2.05) is 7.11 Å². The maximum absolute atomic E-state index is 5.54. The Kier molecular flexibility index (Phi) is 5.89. The summed E-state index contributed by atoms with van der Waals surface area (Å²) in [6.07, 6.45) is 7.45. The van der Waals surface area contributed by atoms with Gasteiger partial charge in [-0.1, -0.05) is 19.3 Å². The SMILES string of the molecule is COC1(CCN)CCCCC1.Cl. The topological polar surface area (TPSA) is 35.2 Å². The molecule has 1 saturated carbocycles. The molecule has 0 aliphatic heterocycles. The van der Waals surface area contributed by atoms with Gasteiger partial charge in [0.25, 0.3) is 0 Å². The van der Waals surface area contributed by atoms with Crippen LogP contribution in [-0.4, -0.2) is 19.3 Å². The molecule has 0 aromatic carbocycles. The van der Waals surface area contributed by atoms with Crippen LogP contribution in [0.3, 0.4) is 0 Å². The van der Waals surface area contributed by atoms with Crippen LogP contribution in [0.15, 0.2) is 0 Å². The van der Waals surface area contributed by atoms with Gasteiger partial charge < -0.3 is 10.5 Å². The summed E-state index contributed by atoms with van der Waals surface area (Å²) < 4.78 is 5.54. The van der Waals surface area contributed by atoms with Crippen molar-refractivity contribution in [3.63, 3.8) is 0 Å². The molecule has 2 N–H and O–H groups in total. The van der Waals surface area contributed by atoms with Crippen LogP contribution in [0.25, 0.3) is 0 Å². The summed E-state index contributed by atoms with van der Waals surface area (Å²) in [5, 5.41) is 0. The minimum atomic E-state index is 0. The molecule has 0 atom stereocenters. The summed E-state index contributed by atoms with van der Waals surface area (Å²) in [7, 11) is 1.82. The van der Waals surface area contributed by atoms with Crippen molar-refractivity contribution in [2.75, 3.05) is 13.7 Å². The smallest absolute Gasteiger partial charge is 0.0690 e. The molecule has 0 saturated heterocycles. The van der Waals surface area contributed by atoms with Gasteiger partial charge in [-0.05, 0) is 25.8 Å². The monoisotopic (exact) mass is 193 g/mol. The Labute approximate surface area is 81.3 Å². The molecular weight excluding hydrogens is 174 g/mol. The highest BCUT2D eigenvalue weighted by atomic mass is 35.5. The van der Waals surface area contributed by atoms with E-state index in [0.717, 1.165) is 13.0 Å². The van der Waals surface area contributed by atoms with E-state index in [4.69, 9.17) is 10.5 Å². The van der Waals surface area contributed by atoms with E-state index in [2.05, 4.69) is 0 Å². The quantitative estimate of drug-likeness (QED) is 0.745. The number of hydrogen-bond acceptors (Lipinski definition) is 2. The lowest BCUT2D eigenvalue weighted by molar-refractivity contribution is -0.0434. The zero-order chi connectivity index (χ0) is 8.16. The summed E-state index contributed by atoms with van der Waals surface area (Å²) in [6.45, 7) is 0.758. The van der Waals surface area contributed by atoms with Crippen molar-refractivity contribution < 1.29 is 4.74 Å². The van der Waals surface area contributed by atoms with E-state index >= 15 is 0 Å². The van der Waals surface area contributed by atoms with Gasteiger partial charge in [-0.15, -0.1) is 12.4 Å². The number of rotatable bonds is 3. The van der Waals surface area contributed by atoms with Crippen LogP contribution in [0.2, 0.25) is 0 Å². The zero-order valence-electron chi connectivity index (χ0n) is 7.84. The highest BCUT2D eigenvalue weighted by Crippen LogP contribution is 2.33. The van der Waals surface area contributed by atoms with E-state index in [0.29, 0.717) is 0 Å². The van der Waals surface area contributed by atoms with E-state index < -0.39 is 0 Å². The predicted octanol–water partition coefficient (Wildman–Crippen LogP) is 2.11. The van der Waals surface area contributed by atoms with Crippen molar-refractivity contribution in [1.29, 1.82) is 0 Å². The number of hydrogen-bond donors (Lipinski definition) is 1. The van der Waals surface area contributed by atoms with Crippen LogP contribution in [0, 0.1) is 0 Å². The van der Waals surface area contributed by atoms with Gasteiger partial charge in [-0.25, -0.2) is 0 Å². The van der Waals surface area contributed by atoms with Crippen molar-refractivity contribution in [3.05, 3.63) is 0 Å². The van der Waals surface area contributed by atoms with E-state index in [9.17, 15) is 0 Å². The van der Waals surface area contributed by atoms with E-state index in [1.54, 1.807) is 0 Å². The molecule has 1 aliphatic carbocycles. The van der Waals surface area contributed by atoms with Crippen LogP contribution < -0.4 is 5.73 Å². The number of nitrogens with two attached hydrogens (primary N) is 1. The summed E-state index contributed by atoms with van der Waals surface area (Å²) >= 11 is 0. The average molecular weight is 194 g/mol. The molecule has 0 bridgehead atoms. The Hall–Kier alpha value is 0.210. The first-order valence-electron chi connectivity index (χ1n) is 4.58. The highest BCUT2D eigenvalue weighted by molar-refractivity contribution is 5.85. The van der Waals surface area contributed by atoms with Crippen LogP contribution in [-0.2, 0) is 4.74 Å². The molecule has 2 nitrogen and oxygen atoms in total. The third-order valence-electron chi connectivity index (χ3n) is 2.80. The summed E-state index contributed by atoms with van der Waals surface area (Å²) in [5.41, 5.74) is 5.69. The lowest BCUT2D eigenvalue weighted by Crippen LogP contribution is -2.36. The van der Waals surface area contributed by atoms with Gasteiger partial charge >= 0.3 is 0 Å². The third-order valence-corrected chi connectivity index (χ3v) is 2.80. The molecule has 0 radical (unpaired) electrons. The molecule has 0 unspecified atom stereocenters. The van der Waals surface area contributed by atoms with Crippen LogP contribution in [0.4, 0.5) is 0 Å². The minimum absolute atomic E-state index is 0. The maximum atomic E-state index is 5.54. The number of methoxy groups -OCH3 is 1. The zero-order valence-corrected chi connectivity index (χ0v) is 8.66. The molecule has 0 spiro atoms. The van der Waals surface area contributed by atoms with Gasteiger partial charge in [-0.2, -0.15) is 0 Å².